The molecule has 0 unspecified atom stereocenters. The first-order chi connectivity index (χ1) is 6.95. The number of rotatable bonds is 7. The molecule has 0 spiro atoms. The van der Waals surface area contributed by atoms with Gasteiger partial charge in [-0.15, -0.1) is 0 Å². The molecule has 0 aliphatic rings. The van der Waals surface area contributed by atoms with E-state index in [4.69, 9.17) is 13.3 Å². The third-order valence-electron chi connectivity index (χ3n) is 1.48. The van der Waals surface area contributed by atoms with Crippen LogP contribution < -0.4 is 0 Å². The quantitative estimate of drug-likeness (QED) is 0.378. The number of aliphatic imine (C=N–C) groups is 1. The van der Waals surface area contributed by atoms with E-state index in [0.717, 1.165) is 0 Å². The molecule has 0 N–H and O–H groups in total. The first kappa shape index (κ1) is 14.5. The van der Waals surface area contributed by atoms with Gasteiger partial charge in [0.05, 0.1) is 0 Å². The summed E-state index contributed by atoms with van der Waals surface area (Å²) >= 11 is 0. The van der Waals surface area contributed by atoms with Crippen molar-refractivity contribution in [3.8, 4) is 0 Å². The summed E-state index contributed by atoms with van der Waals surface area (Å²) in [5, 5.41) is 0. The summed E-state index contributed by atoms with van der Waals surface area (Å²) < 4.78 is 16.5. The first-order valence-corrected chi connectivity index (χ1v) is 6.83. The monoisotopic (exact) mass is 233 g/mol. The van der Waals surface area contributed by atoms with Crippen molar-refractivity contribution in [3.05, 3.63) is 0 Å². The van der Waals surface area contributed by atoms with E-state index < -0.39 is 8.80 Å². The smallest absolute Gasteiger partial charge is 0.376 e. The van der Waals surface area contributed by atoms with Crippen LogP contribution in [0, 0.1) is 0 Å². The summed E-state index contributed by atoms with van der Waals surface area (Å²) in [6.45, 7) is 7.54. The van der Waals surface area contributed by atoms with Gasteiger partial charge in [0.15, 0.2) is 0 Å². The molecule has 0 aliphatic heterocycles. The van der Waals surface area contributed by atoms with Crippen LogP contribution in [0.1, 0.15) is 27.7 Å². The van der Waals surface area contributed by atoms with Crippen LogP contribution in [0.4, 0.5) is 0 Å². The normalized spacial score (nSPS) is 11.9. The molecule has 88 valence electrons. The van der Waals surface area contributed by atoms with Gasteiger partial charge in [0.1, 0.15) is 6.17 Å². The molecule has 15 heavy (non-hydrogen) atoms. The summed E-state index contributed by atoms with van der Waals surface area (Å²) in [4.78, 5) is 13.6. The minimum atomic E-state index is -2.85. The van der Waals surface area contributed by atoms with Crippen LogP contribution in [0.25, 0.3) is 0 Å². The molecule has 6 heteroatoms. The van der Waals surface area contributed by atoms with Crippen molar-refractivity contribution >= 4 is 14.9 Å². The SMILES string of the molecule is CO[Si](CN=C=O)(OC(C)C)OC(C)C. The van der Waals surface area contributed by atoms with Crippen molar-refractivity contribution in [2.45, 2.75) is 39.9 Å². The second-order valence-electron chi connectivity index (χ2n) is 3.63. The van der Waals surface area contributed by atoms with Crippen molar-refractivity contribution in [2.75, 3.05) is 13.3 Å². The van der Waals surface area contributed by atoms with Gasteiger partial charge in [-0.1, -0.05) is 0 Å². The highest BCUT2D eigenvalue weighted by Crippen LogP contribution is 2.14. The minimum absolute atomic E-state index is 0.0304. The Kier molecular flexibility index (Phi) is 6.63. The van der Waals surface area contributed by atoms with E-state index in [2.05, 4.69) is 4.99 Å². The number of nitrogens with zero attached hydrogens (tertiary/aromatic N) is 1. The molecule has 0 aromatic rings. The molecule has 0 bridgehead atoms. The second-order valence-corrected chi connectivity index (χ2v) is 6.19. The molecule has 0 fully saturated rings. The average molecular weight is 233 g/mol. The zero-order chi connectivity index (χ0) is 11.9. The fourth-order valence-corrected chi connectivity index (χ4v) is 3.33. The molecule has 0 heterocycles. The fourth-order valence-electron chi connectivity index (χ4n) is 1.11. The van der Waals surface area contributed by atoms with Gasteiger partial charge >= 0.3 is 8.80 Å². The Hall–Kier alpha value is -0.523. The Bertz CT molecular complexity index is 216. The molecule has 0 atom stereocenters. The predicted molar refractivity (Wildman–Crippen MR) is 58.2 cm³/mol. The Labute approximate surface area is 91.8 Å². The van der Waals surface area contributed by atoms with Crippen LogP contribution in [0.15, 0.2) is 4.99 Å². The Morgan fingerprint density at radius 2 is 1.67 bits per heavy atom. The number of hydrogen-bond donors (Lipinski definition) is 0. The lowest BCUT2D eigenvalue weighted by Crippen LogP contribution is -2.51. The first-order valence-electron chi connectivity index (χ1n) is 4.90. The number of hydrogen-bond acceptors (Lipinski definition) is 5. The highest BCUT2D eigenvalue weighted by atomic mass is 28.4. The largest absolute Gasteiger partial charge is 0.524 e. The van der Waals surface area contributed by atoms with E-state index in [1.165, 1.54) is 13.2 Å². The Balaban J connectivity index is 4.65. The maximum atomic E-state index is 10.1. The molecule has 5 nitrogen and oxygen atoms in total. The topological polar surface area (TPSA) is 57.1 Å². The molecule has 0 saturated carbocycles. The van der Waals surface area contributed by atoms with Gasteiger partial charge in [-0.25, -0.2) is 9.79 Å². The van der Waals surface area contributed by atoms with Crippen LogP contribution in [0.3, 0.4) is 0 Å². The highest BCUT2D eigenvalue weighted by Gasteiger charge is 2.42. The Morgan fingerprint density at radius 1 is 1.20 bits per heavy atom. The maximum absolute atomic E-state index is 10.1. The third kappa shape index (κ3) is 5.81. The maximum Gasteiger partial charge on any atom is 0.524 e. The molecular formula is C9H19NO4Si. The van der Waals surface area contributed by atoms with Crippen LogP contribution >= 0.6 is 0 Å². The van der Waals surface area contributed by atoms with Gasteiger partial charge in [0.25, 0.3) is 0 Å². The summed E-state index contributed by atoms with van der Waals surface area (Å²) in [5.41, 5.74) is 0. The highest BCUT2D eigenvalue weighted by molar-refractivity contribution is 6.61. The molecule has 0 aliphatic carbocycles. The van der Waals surface area contributed by atoms with Crippen molar-refractivity contribution in [1.29, 1.82) is 0 Å². The van der Waals surface area contributed by atoms with Gasteiger partial charge in [0, 0.05) is 19.3 Å². The molecule has 0 saturated heterocycles. The van der Waals surface area contributed by atoms with E-state index >= 15 is 0 Å². The predicted octanol–water partition coefficient (Wildman–Crippen LogP) is 1.30. The molecule has 0 rings (SSSR count). The molecule has 0 aromatic heterocycles. The second kappa shape index (κ2) is 6.87. The van der Waals surface area contributed by atoms with Crippen molar-refractivity contribution in [3.63, 3.8) is 0 Å². The van der Waals surface area contributed by atoms with Gasteiger partial charge in [0.2, 0.25) is 6.08 Å². The van der Waals surface area contributed by atoms with E-state index in [-0.39, 0.29) is 18.4 Å². The van der Waals surface area contributed by atoms with Gasteiger partial charge in [-0.2, -0.15) is 0 Å². The van der Waals surface area contributed by atoms with E-state index in [9.17, 15) is 4.79 Å². The summed E-state index contributed by atoms with van der Waals surface area (Å²) in [5.74, 6) is 0. The van der Waals surface area contributed by atoms with Crippen molar-refractivity contribution in [1.82, 2.24) is 0 Å². The van der Waals surface area contributed by atoms with Crippen LogP contribution in [-0.2, 0) is 18.1 Å². The summed E-state index contributed by atoms with van der Waals surface area (Å²) in [6, 6.07) is 0. The average Bonchev–Trinajstić information content (AvgIpc) is 2.12. The van der Waals surface area contributed by atoms with Crippen molar-refractivity contribution in [2.24, 2.45) is 4.99 Å². The molecular weight excluding hydrogens is 214 g/mol. The van der Waals surface area contributed by atoms with E-state index in [1.54, 1.807) is 0 Å². The van der Waals surface area contributed by atoms with Crippen molar-refractivity contribution < 1.29 is 18.1 Å². The van der Waals surface area contributed by atoms with Gasteiger partial charge in [-0.05, 0) is 27.7 Å². The Morgan fingerprint density at radius 3 is 1.93 bits per heavy atom. The van der Waals surface area contributed by atoms with Crippen LogP contribution in [-0.4, -0.2) is 40.4 Å². The summed E-state index contributed by atoms with van der Waals surface area (Å²) in [7, 11) is -1.33. The number of isocyanates is 1. The zero-order valence-corrected chi connectivity index (χ0v) is 10.9. The fraction of sp³-hybridized carbons (Fsp3) is 0.889. The molecule has 0 aromatic carbocycles. The number of carbonyl (C=O) groups excluding carboxylic acids is 1. The lowest BCUT2D eigenvalue weighted by molar-refractivity contribution is 0.0342. The standard InChI is InChI=1S/C9H19NO4Si/c1-8(2)13-15(12-5,7-10-6-11)14-9(3)4/h8-9H,7H2,1-5H3. The lowest BCUT2D eigenvalue weighted by Gasteiger charge is -2.29. The lowest BCUT2D eigenvalue weighted by atomic mass is 10.5. The summed E-state index contributed by atoms with van der Waals surface area (Å²) in [6.07, 6.45) is 1.53. The zero-order valence-electron chi connectivity index (χ0n) is 9.94. The minimum Gasteiger partial charge on any atom is -0.376 e. The third-order valence-corrected chi connectivity index (χ3v) is 4.31. The van der Waals surface area contributed by atoms with Crippen LogP contribution in [0.2, 0.25) is 0 Å². The molecule has 0 radical (unpaired) electrons. The van der Waals surface area contributed by atoms with Gasteiger partial charge < -0.3 is 13.3 Å². The van der Waals surface area contributed by atoms with Crippen LogP contribution in [0.5, 0.6) is 0 Å². The van der Waals surface area contributed by atoms with Gasteiger partial charge in [-0.3, -0.25) is 0 Å². The van der Waals surface area contributed by atoms with E-state index in [1.807, 2.05) is 27.7 Å². The molecule has 0 amide bonds. The van der Waals surface area contributed by atoms with E-state index in [0.29, 0.717) is 0 Å².